The second kappa shape index (κ2) is 11.0. The second-order valence-electron chi connectivity index (χ2n) is 6.49. The molecule has 5 nitrogen and oxygen atoms in total. The summed E-state index contributed by atoms with van der Waals surface area (Å²) >= 11 is 0. The molecule has 0 spiro atoms. The largest absolute Gasteiger partial charge is 0.379 e. The molecule has 1 unspecified atom stereocenters. The molecule has 1 aliphatic rings. The maximum Gasteiger partial charge on any atom is 0.190 e. The highest BCUT2D eigenvalue weighted by atomic mass is 16.5. The summed E-state index contributed by atoms with van der Waals surface area (Å²) in [6.45, 7) is 9.11. The first kappa shape index (κ1) is 18.7. The van der Waals surface area contributed by atoms with Gasteiger partial charge in [-0.2, -0.15) is 0 Å². The summed E-state index contributed by atoms with van der Waals surface area (Å²) in [5.41, 5.74) is 1.39. The number of aryl methyl sites for hydroxylation is 1. The lowest BCUT2D eigenvalue weighted by Gasteiger charge is -2.29. The van der Waals surface area contributed by atoms with Gasteiger partial charge in [0.2, 0.25) is 0 Å². The Labute approximate surface area is 146 Å². The average molecular weight is 332 g/mol. The molecule has 1 aromatic carbocycles. The predicted octanol–water partition coefficient (Wildman–Crippen LogP) is 1.75. The summed E-state index contributed by atoms with van der Waals surface area (Å²) in [5.74, 6) is 1.49. The summed E-state index contributed by atoms with van der Waals surface area (Å²) in [4.78, 5) is 6.79. The van der Waals surface area contributed by atoms with Crippen LogP contribution in [-0.2, 0) is 11.2 Å². The molecule has 5 heteroatoms. The van der Waals surface area contributed by atoms with Crippen molar-refractivity contribution in [2.75, 3.05) is 53.0 Å². The molecule has 24 heavy (non-hydrogen) atoms. The van der Waals surface area contributed by atoms with Crippen molar-refractivity contribution in [3.8, 4) is 0 Å². The lowest BCUT2D eigenvalue weighted by Crippen LogP contribution is -2.44. The highest BCUT2D eigenvalue weighted by molar-refractivity contribution is 5.79. The van der Waals surface area contributed by atoms with Gasteiger partial charge in [0.1, 0.15) is 0 Å². The normalized spacial score (nSPS) is 17.5. The van der Waals surface area contributed by atoms with E-state index in [1.54, 1.807) is 0 Å². The zero-order valence-corrected chi connectivity index (χ0v) is 15.1. The van der Waals surface area contributed by atoms with E-state index in [4.69, 9.17) is 4.74 Å². The van der Waals surface area contributed by atoms with Crippen molar-refractivity contribution in [1.29, 1.82) is 0 Å². The molecular weight excluding hydrogens is 300 g/mol. The highest BCUT2D eigenvalue weighted by Crippen LogP contribution is 2.03. The fourth-order valence-electron chi connectivity index (χ4n) is 2.92. The number of hydrogen-bond donors (Lipinski definition) is 2. The van der Waals surface area contributed by atoms with Crippen LogP contribution in [0.3, 0.4) is 0 Å². The molecule has 134 valence electrons. The highest BCUT2D eigenvalue weighted by Gasteiger charge is 2.13. The van der Waals surface area contributed by atoms with Crippen LogP contribution in [0.25, 0.3) is 0 Å². The Hall–Kier alpha value is -1.59. The topological polar surface area (TPSA) is 48.9 Å². The van der Waals surface area contributed by atoms with E-state index in [0.717, 1.165) is 64.7 Å². The van der Waals surface area contributed by atoms with Crippen molar-refractivity contribution >= 4 is 5.96 Å². The molecule has 1 fully saturated rings. The Morgan fingerprint density at radius 1 is 1.21 bits per heavy atom. The number of guanidine groups is 1. The van der Waals surface area contributed by atoms with Crippen molar-refractivity contribution in [3.63, 3.8) is 0 Å². The fourth-order valence-corrected chi connectivity index (χ4v) is 2.92. The van der Waals surface area contributed by atoms with Gasteiger partial charge in [0.05, 0.1) is 13.2 Å². The number of hydrogen-bond acceptors (Lipinski definition) is 3. The van der Waals surface area contributed by atoms with E-state index in [0.29, 0.717) is 5.92 Å². The number of benzene rings is 1. The minimum absolute atomic E-state index is 0.589. The summed E-state index contributed by atoms with van der Waals surface area (Å²) in [6.07, 6.45) is 2.20. The summed E-state index contributed by atoms with van der Waals surface area (Å²) in [6, 6.07) is 10.6. The predicted molar refractivity (Wildman–Crippen MR) is 101 cm³/mol. The smallest absolute Gasteiger partial charge is 0.190 e. The second-order valence-corrected chi connectivity index (χ2v) is 6.49. The molecule has 1 saturated heterocycles. The lowest BCUT2D eigenvalue weighted by molar-refractivity contribution is 0.0320. The standard InChI is InChI=1S/C19H32N4O/c1-17(16-23-11-13-24-14-12-23)15-22-19(20-2)21-10-6-9-18-7-4-3-5-8-18/h3-5,7-8,17H,6,9-16H2,1-2H3,(H2,20,21,22). The van der Waals surface area contributed by atoms with E-state index in [-0.39, 0.29) is 0 Å². The molecule has 0 aliphatic carbocycles. The number of nitrogens with zero attached hydrogens (tertiary/aromatic N) is 2. The minimum atomic E-state index is 0.589. The summed E-state index contributed by atoms with van der Waals surface area (Å²) in [7, 11) is 1.83. The van der Waals surface area contributed by atoms with Crippen LogP contribution < -0.4 is 10.6 Å². The molecule has 1 aliphatic heterocycles. The van der Waals surface area contributed by atoms with Crippen LogP contribution >= 0.6 is 0 Å². The molecule has 0 saturated carbocycles. The minimum Gasteiger partial charge on any atom is -0.379 e. The fraction of sp³-hybridized carbons (Fsp3) is 0.632. The third-order valence-corrected chi connectivity index (χ3v) is 4.29. The van der Waals surface area contributed by atoms with Gasteiger partial charge in [-0.3, -0.25) is 9.89 Å². The van der Waals surface area contributed by atoms with Crippen LogP contribution in [-0.4, -0.2) is 63.8 Å². The zero-order chi connectivity index (χ0) is 17.0. The van der Waals surface area contributed by atoms with Crippen LogP contribution in [0.4, 0.5) is 0 Å². The van der Waals surface area contributed by atoms with Crippen molar-refractivity contribution in [1.82, 2.24) is 15.5 Å². The van der Waals surface area contributed by atoms with Crippen LogP contribution in [0.1, 0.15) is 18.9 Å². The molecule has 0 radical (unpaired) electrons. The van der Waals surface area contributed by atoms with Crippen LogP contribution in [0.15, 0.2) is 35.3 Å². The van der Waals surface area contributed by atoms with Gasteiger partial charge in [-0.15, -0.1) is 0 Å². The first-order valence-corrected chi connectivity index (χ1v) is 9.06. The molecular formula is C19H32N4O. The number of ether oxygens (including phenoxy) is 1. The summed E-state index contributed by atoms with van der Waals surface area (Å²) in [5, 5.41) is 6.84. The van der Waals surface area contributed by atoms with Crippen LogP contribution in [0.5, 0.6) is 0 Å². The number of morpholine rings is 1. The Morgan fingerprint density at radius 2 is 1.96 bits per heavy atom. The molecule has 0 amide bonds. The van der Waals surface area contributed by atoms with Gasteiger partial charge >= 0.3 is 0 Å². The van der Waals surface area contributed by atoms with Crippen molar-refractivity contribution < 1.29 is 4.74 Å². The Bertz CT molecular complexity index is 472. The van der Waals surface area contributed by atoms with E-state index in [9.17, 15) is 0 Å². The Kier molecular flexibility index (Phi) is 8.63. The molecule has 0 aromatic heterocycles. The third kappa shape index (κ3) is 7.32. The van der Waals surface area contributed by atoms with E-state index in [2.05, 4.69) is 57.8 Å². The van der Waals surface area contributed by atoms with Crippen molar-refractivity contribution in [3.05, 3.63) is 35.9 Å². The van der Waals surface area contributed by atoms with Crippen molar-refractivity contribution in [2.24, 2.45) is 10.9 Å². The lowest BCUT2D eigenvalue weighted by atomic mass is 10.1. The SMILES string of the molecule is CN=C(NCCCc1ccccc1)NCC(C)CN1CCOCC1. The van der Waals surface area contributed by atoms with Crippen LogP contribution in [0.2, 0.25) is 0 Å². The van der Waals surface area contributed by atoms with Crippen molar-refractivity contribution in [2.45, 2.75) is 19.8 Å². The monoisotopic (exact) mass is 332 g/mol. The third-order valence-electron chi connectivity index (χ3n) is 4.29. The van der Waals surface area contributed by atoms with Gasteiger partial charge in [-0.25, -0.2) is 0 Å². The van der Waals surface area contributed by atoms with E-state index in [1.165, 1.54) is 5.56 Å². The van der Waals surface area contributed by atoms with Gasteiger partial charge in [-0.1, -0.05) is 37.3 Å². The Balaban J connectivity index is 1.57. The first-order chi connectivity index (χ1) is 11.8. The van der Waals surface area contributed by atoms with Gasteiger partial charge in [0.25, 0.3) is 0 Å². The van der Waals surface area contributed by atoms with Gasteiger partial charge in [-0.05, 0) is 24.3 Å². The molecule has 2 rings (SSSR count). The zero-order valence-electron chi connectivity index (χ0n) is 15.1. The van der Waals surface area contributed by atoms with E-state index in [1.807, 2.05) is 7.05 Å². The maximum absolute atomic E-state index is 5.40. The number of aliphatic imine (C=N–C) groups is 1. The first-order valence-electron chi connectivity index (χ1n) is 9.06. The molecule has 0 bridgehead atoms. The molecule has 1 aromatic rings. The van der Waals surface area contributed by atoms with Gasteiger partial charge in [0, 0.05) is 39.8 Å². The summed E-state index contributed by atoms with van der Waals surface area (Å²) < 4.78 is 5.40. The van der Waals surface area contributed by atoms with E-state index >= 15 is 0 Å². The number of rotatable bonds is 8. The van der Waals surface area contributed by atoms with E-state index < -0.39 is 0 Å². The van der Waals surface area contributed by atoms with Gasteiger partial charge in [0.15, 0.2) is 5.96 Å². The number of nitrogens with one attached hydrogen (secondary N) is 2. The maximum atomic E-state index is 5.40. The Morgan fingerprint density at radius 3 is 2.67 bits per heavy atom. The molecule has 2 N–H and O–H groups in total. The van der Waals surface area contributed by atoms with Crippen LogP contribution in [0, 0.1) is 5.92 Å². The molecule has 1 atom stereocenters. The quantitative estimate of drug-likeness (QED) is 0.433. The molecule has 1 heterocycles. The average Bonchev–Trinajstić information content (AvgIpc) is 2.63. The van der Waals surface area contributed by atoms with Gasteiger partial charge < -0.3 is 15.4 Å².